The average Bonchev–Trinajstić information content (AvgIpc) is 2.36. The lowest BCUT2D eigenvalue weighted by molar-refractivity contribution is 0.427. The van der Waals surface area contributed by atoms with Crippen LogP contribution < -0.4 is 5.32 Å². The minimum atomic E-state index is -0.218. The van der Waals surface area contributed by atoms with Gasteiger partial charge in [-0.05, 0) is 25.0 Å². The fourth-order valence-electron chi connectivity index (χ4n) is 1.41. The van der Waals surface area contributed by atoms with Crippen LogP contribution in [0.5, 0.6) is 0 Å². The standard InChI is InChI=1S/C13H17Cl2N/c1-11(8-14)9-16-13(2,10-15)12-6-4-3-5-7-12/h3-8,16H,9-10H2,1-2H3/b11-8-. The Hall–Kier alpha value is -0.500. The highest BCUT2D eigenvalue weighted by atomic mass is 35.5. The highest BCUT2D eigenvalue weighted by Gasteiger charge is 2.24. The van der Waals surface area contributed by atoms with Crippen LogP contribution in [0.15, 0.2) is 41.4 Å². The van der Waals surface area contributed by atoms with Crippen molar-refractivity contribution in [3.8, 4) is 0 Å². The molecule has 1 nitrogen and oxygen atoms in total. The number of benzene rings is 1. The van der Waals surface area contributed by atoms with Crippen molar-refractivity contribution in [2.45, 2.75) is 19.4 Å². The molecule has 1 unspecified atom stereocenters. The highest BCUT2D eigenvalue weighted by Crippen LogP contribution is 2.22. The third-order valence-electron chi connectivity index (χ3n) is 2.62. The van der Waals surface area contributed by atoms with Gasteiger partial charge in [0.1, 0.15) is 0 Å². The Morgan fingerprint density at radius 3 is 2.50 bits per heavy atom. The van der Waals surface area contributed by atoms with Crippen molar-refractivity contribution in [3.05, 3.63) is 47.0 Å². The third-order valence-corrected chi connectivity index (χ3v) is 3.53. The van der Waals surface area contributed by atoms with Crippen LogP contribution in [0.3, 0.4) is 0 Å². The number of hydrogen-bond donors (Lipinski definition) is 1. The Morgan fingerprint density at radius 1 is 1.38 bits per heavy atom. The van der Waals surface area contributed by atoms with Gasteiger partial charge in [0.05, 0.1) is 5.54 Å². The number of rotatable bonds is 5. The number of nitrogens with one attached hydrogen (secondary N) is 1. The quantitative estimate of drug-likeness (QED) is 0.790. The fourth-order valence-corrected chi connectivity index (χ4v) is 1.73. The van der Waals surface area contributed by atoms with Gasteiger partial charge in [0.2, 0.25) is 0 Å². The van der Waals surface area contributed by atoms with E-state index in [1.165, 1.54) is 5.56 Å². The maximum atomic E-state index is 6.05. The Kier molecular flexibility index (Phi) is 5.33. The van der Waals surface area contributed by atoms with E-state index < -0.39 is 0 Å². The van der Waals surface area contributed by atoms with Crippen LogP contribution in [-0.4, -0.2) is 12.4 Å². The van der Waals surface area contributed by atoms with E-state index in [1.807, 2.05) is 25.1 Å². The summed E-state index contributed by atoms with van der Waals surface area (Å²) in [6.45, 7) is 4.82. The molecule has 1 atom stereocenters. The normalized spacial score (nSPS) is 15.9. The largest absolute Gasteiger partial charge is 0.303 e. The Labute approximate surface area is 107 Å². The molecule has 0 aromatic heterocycles. The highest BCUT2D eigenvalue weighted by molar-refractivity contribution is 6.25. The van der Waals surface area contributed by atoms with E-state index in [9.17, 15) is 0 Å². The van der Waals surface area contributed by atoms with Crippen LogP contribution in [0.2, 0.25) is 0 Å². The zero-order valence-corrected chi connectivity index (χ0v) is 11.1. The molecule has 0 spiro atoms. The molecule has 0 saturated heterocycles. The van der Waals surface area contributed by atoms with Crippen molar-refractivity contribution in [1.82, 2.24) is 5.32 Å². The summed E-state index contributed by atoms with van der Waals surface area (Å²) in [5.41, 5.74) is 3.65. The smallest absolute Gasteiger partial charge is 0.0545 e. The summed E-state index contributed by atoms with van der Waals surface area (Å²) in [5.74, 6) is 0.520. The number of halogens is 2. The molecule has 0 bridgehead atoms. The molecule has 0 aliphatic heterocycles. The van der Waals surface area contributed by atoms with Crippen LogP contribution in [0.4, 0.5) is 0 Å². The van der Waals surface area contributed by atoms with Gasteiger partial charge in [-0.1, -0.05) is 41.9 Å². The summed E-state index contributed by atoms with van der Waals surface area (Å²) < 4.78 is 0. The SMILES string of the molecule is C/C(=C/Cl)CNC(C)(CCl)c1ccccc1. The molecule has 0 aliphatic rings. The molecular formula is C13H17Cl2N. The number of hydrogen-bond acceptors (Lipinski definition) is 1. The fraction of sp³-hybridized carbons (Fsp3) is 0.385. The zero-order valence-electron chi connectivity index (χ0n) is 9.63. The average molecular weight is 258 g/mol. The molecular weight excluding hydrogens is 241 g/mol. The second kappa shape index (κ2) is 6.29. The van der Waals surface area contributed by atoms with Gasteiger partial charge in [-0.15, -0.1) is 11.6 Å². The van der Waals surface area contributed by atoms with E-state index in [-0.39, 0.29) is 5.54 Å². The Morgan fingerprint density at radius 2 is 2.00 bits per heavy atom. The van der Waals surface area contributed by atoms with Crippen LogP contribution in [0.25, 0.3) is 0 Å². The van der Waals surface area contributed by atoms with E-state index in [0.29, 0.717) is 5.88 Å². The van der Waals surface area contributed by atoms with Crippen molar-refractivity contribution in [1.29, 1.82) is 0 Å². The van der Waals surface area contributed by atoms with E-state index in [1.54, 1.807) is 5.54 Å². The molecule has 0 radical (unpaired) electrons. The lowest BCUT2D eigenvalue weighted by atomic mass is 9.94. The van der Waals surface area contributed by atoms with Crippen molar-refractivity contribution in [2.24, 2.45) is 0 Å². The minimum absolute atomic E-state index is 0.218. The van der Waals surface area contributed by atoms with Crippen molar-refractivity contribution in [3.63, 3.8) is 0 Å². The lowest BCUT2D eigenvalue weighted by Crippen LogP contribution is -2.42. The van der Waals surface area contributed by atoms with Gasteiger partial charge in [-0.3, -0.25) is 0 Å². The second-order valence-corrected chi connectivity index (χ2v) is 4.63. The maximum Gasteiger partial charge on any atom is 0.0545 e. The molecule has 1 rings (SSSR count). The first-order chi connectivity index (χ1) is 7.62. The molecule has 1 aromatic carbocycles. The van der Waals surface area contributed by atoms with Crippen LogP contribution in [-0.2, 0) is 5.54 Å². The molecule has 0 fully saturated rings. The first-order valence-corrected chi connectivity index (χ1v) is 6.22. The van der Waals surface area contributed by atoms with Crippen LogP contribution >= 0.6 is 23.2 Å². The molecule has 0 saturated carbocycles. The van der Waals surface area contributed by atoms with E-state index >= 15 is 0 Å². The van der Waals surface area contributed by atoms with Crippen molar-refractivity contribution < 1.29 is 0 Å². The molecule has 0 heterocycles. The first kappa shape index (κ1) is 13.6. The molecule has 3 heteroatoms. The molecule has 1 N–H and O–H groups in total. The monoisotopic (exact) mass is 257 g/mol. The van der Waals surface area contributed by atoms with Gasteiger partial charge in [-0.25, -0.2) is 0 Å². The van der Waals surface area contributed by atoms with Gasteiger partial charge in [0.15, 0.2) is 0 Å². The van der Waals surface area contributed by atoms with Gasteiger partial charge >= 0.3 is 0 Å². The van der Waals surface area contributed by atoms with Crippen LogP contribution in [0.1, 0.15) is 19.4 Å². The van der Waals surface area contributed by atoms with Crippen LogP contribution in [0, 0.1) is 0 Å². The topological polar surface area (TPSA) is 12.0 Å². The number of alkyl halides is 1. The third kappa shape index (κ3) is 3.51. The van der Waals surface area contributed by atoms with Gasteiger partial charge in [-0.2, -0.15) is 0 Å². The predicted octanol–water partition coefficient (Wildman–Crippen LogP) is 3.87. The Balaban J connectivity index is 2.78. The molecule has 16 heavy (non-hydrogen) atoms. The van der Waals surface area contributed by atoms with E-state index in [4.69, 9.17) is 23.2 Å². The van der Waals surface area contributed by atoms with Gasteiger partial charge in [0, 0.05) is 18.0 Å². The summed E-state index contributed by atoms with van der Waals surface area (Å²) in [6.07, 6.45) is 0. The summed E-state index contributed by atoms with van der Waals surface area (Å²) in [5, 5.41) is 3.43. The Bertz CT molecular complexity index is 348. The molecule has 0 aliphatic carbocycles. The lowest BCUT2D eigenvalue weighted by Gasteiger charge is -2.29. The minimum Gasteiger partial charge on any atom is -0.303 e. The van der Waals surface area contributed by atoms with Crippen molar-refractivity contribution in [2.75, 3.05) is 12.4 Å². The van der Waals surface area contributed by atoms with E-state index in [0.717, 1.165) is 12.1 Å². The van der Waals surface area contributed by atoms with Crippen molar-refractivity contribution >= 4 is 23.2 Å². The van der Waals surface area contributed by atoms with E-state index in [2.05, 4.69) is 24.4 Å². The summed E-state index contributed by atoms with van der Waals surface area (Å²) in [6, 6.07) is 10.2. The zero-order chi connectivity index (χ0) is 12.0. The molecule has 0 amide bonds. The van der Waals surface area contributed by atoms with Gasteiger partial charge in [0.25, 0.3) is 0 Å². The predicted molar refractivity (Wildman–Crippen MR) is 72.1 cm³/mol. The van der Waals surface area contributed by atoms with Gasteiger partial charge < -0.3 is 5.32 Å². The molecule has 88 valence electrons. The first-order valence-electron chi connectivity index (χ1n) is 5.25. The molecule has 1 aromatic rings. The second-order valence-electron chi connectivity index (χ2n) is 4.14. The maximum absolute atomic E-state index is 6.05. The summed E-state index contributed by atoms with van der Waals surface area (Å²) in [7, 11) is 0. The summed E-state index contributed by atoms with van der Waals surface area (Å²) in [4.78, 5) is 0. The summed E-state index contributed by atoms with van der Waals surface area (Å²) >= 11 is 11.7.